The van der Waals surface area contributed by atoms with E-state index in [4.69, 9.17) is 9.47 Å². The summed E-state index contributed by atoms with van der Waals surface area (Å²) in [6.07, 6.45) is 3.63. The molecule has 3 saturated carbocycles. The summed E-state index contributed by atoms with van der Waals surface area (Å²) in [5.41, 5.74) is -3.89. The van der Waals surface area contributed by atoms with Crippen molar-refractivity contribution in [3.8, 4) is 5.75 Å². The van der Waals surface area contributed by atoms with Crippen molar-refractivity contribution in [3.05, 3.63) is 42.0 Å². The summed E-state index contributed by atoms with van der Waals surface area (Å²) in [6.45, 7) is 4.16. The van der Waals surface area contributed by atoms with E-state index in [1.807, 2.05) is 44.2 Å². The van der Waals surface area contributed by atoms with Gasteiger partial charge in [0.25, 0.3) is 5.79 Å². The molecule has 6 heteroatoms. The van der Waals surface area contributed by atoms with Crippen LogP contribution in [0, 0.1) is 22.7 Å². The van der Waals surface area contributed by atoms with E-state index in [9.17, 15) is 15.0 Å². The van der Waals surface area contributed by atoms with E-state index < -0.39 is 34.0 Å². The van der Waals surface area contributed by atoms with Gasteiger partial charge in [0, 0.05) is 23.2 Å². The van der Waals surface area contributed by atoms with E-state index in [0.29, 0.717) is 44.3 Å². The van der Waals surface area contributed by atoms with Gasteiger partial charge in [-0.2, -0.15) is 0 Å². The number of carbonyl (C=O) groups excluding carboxylic acids is 1. The maximum absolute atomic E-state index is 17.2. The van der Waals surface area contributed by atoms with Gasteiger partial charge in [0.05, 0.1) is 6.10 Å². The number of benzene rings is 1. The van der Waals surface area contributed by atoms with Crippen molar-refractivity contribution in [2.24, 2.45) is 22.7 Å². The number of hydrogen-bond donors (Lipinski definition) is 2. The van der Waals surface area contributed by atoms with Crippen molar-refractivity contribution in [1.82, 2.24) is 0 Å². The molecular weight excluding hydrogens is 423 g/mol. The Kier molecular flexibility index (Phi) is 4.40. The van der Waals surface area contributed by atoms with Gasteiger partial charge in [-0.15, -0.1) is 0 Å². The Morgan fingerprint density at radius 1 is 1.09 bits per heavy atom. The molecule has 0 aromatic heterocycles. The molecule has 5 aliphatic rings. The van der Waals surface area contributed by atoms with Crippen molar-refractivity contribution in [2.45, 2.75) is 82.0 Å². The number of fused-ring (bicyclic) bond motifs is 5. The maximum Gasteiger partial charge on any atom is 0.264 e. The zero-order chi connectivity index (χ0) is 23.3. The van der Waals surface area contributed by atoms with Crippen LogP contribution < -0.4 is 4.74 Å². The molecule has 2 N–H and O–H groups in total. The van der Waals surface area contributed by atoms with Crippen LogP contribution in [0.5, 0.6) is 5.75 Å². The monoisotopic (exact) mass is 456 g/mol. The summed E-state index contributed by atoms with van der Waals surface area (Å²) >= 11 is 0. The molecule has 1 aliphatic heterocycles. The molecular formula is C27H33FO5. The third-order valence-electron chi connectivity index (χ3n) is 10.3. The summed E-state index contributed by atoms with van der Waals surface area (Å²) in [4.78, 5) is 12.1. The van der Waals surface area contributed by atoms with Gasteiger partial charge in [0.2, 0.25) is 0 Å². The number of rotatable bonds is 3. The van der Waals surface area contributed by atoms with E-state index in [0.717, 1.165) is 5.57 Å². The first-order valence-electron chi connectivity index (χ1n) is 12.3. The van der Waals surface area contributed by atoms with Crippen molar-refractivity contribution in [1.29, 1.82) is 0 Å². The molecule has 0 spiro atoms. The maximum atomic E-state index is 17.2. The number of aliphatic hydroxyl groups excluding tert-OH is 1. The molecule has 4 fully saturated rings. The second kappa shape index (κ2) is 6.67. The highest BCUT2D eigenvalue weighted by Gasteiger charge is 2.80. The highest BCUT2D eigenvalue weighted by Crippen LogP contribution is 2.72. The minimum Gasteiger partial charge on any atom is -0.457 e. The molecule has 5 nitrogen and oxygen atoms in total. The van der Waals surface area contributed by atoms with Crippen LogP contribution in [0.1, 0.15) is 58.8 Å². The third kappa shape index (κ3) is 2.55. The Labute approximate surface area is 194 Å². The second-order valence-electron chi connectivity index (χ2n) is 11.5. The molecule has 0 bridgehead atoms. The van der Waals surface area contributed by atoms with Crippen molar-refractivity contribution in [3.63, 3.8) is 0 Å². The van der Waals surface area contributed by atoms with Gasteiger partial charge >= 0.3 is 0 Å². The van der Waals surface area contributed by atoms with E-state index in [1.165, 1.54) is 0 Å². The number of carbonyl (C=O) groups is 1. The molecule has 1 saturated heterocycles. The van der Waals surface area contributed by atoms with Crippen LogP contribution in [-0.2, 0) is 9.53 Å². The molecule has 0 radical (unpaired) electrons. The zero-order valence-corrected chi connectivity index (χ0v) is 19.4. The van der Waals surface area contributed by atoms with Crippen LogP contribution >= 0.6 is 0 Å². The van der Waals surface area contributed by atoms with Gasteiger partial charge < -0.3 is 19.7 Å². The summed E-state index contributed by atoms with van der Waals surface area (Å²) in [7, 11) is 0. The molecule has 6 rings (SSSR count). The van der Waals surface area contributed by atoms with Crippen molar-refractivity contribution in [2.75, 3.05) is 6.61 Å². The van der Waals surface area contributed by atoms with E-state index >= 15 is 4.39 Å². The van der Waals surface area contributed by atoms with E-state index in [1.54, 1.807) is 6.08 Å². The number of alkyl halides is 1. The topological polar surface area (TPSA) is 79.3 Å². The first-order chi connectivity index (χ1) is 15.6. The fourth-order valence-electron chi connectivity index (χ4n) is 8.33. The van der Waals surface area contributed by atoms with Crippen LogP contribution in [0.25, 0.3) is 0 Å². The predicted molar refractivity (Wildman–Crippen MR) is 119 cm³/mol. The number of halogens is 1. The molecule has 33 heavy (non-hydrogen) atoms. The van der Waals surface area contributed by atoms with Crippen LogP contribution in [0.2, 0.25) is 0 Å². The standard InChI is InChI=1S/C27H33FO5/c1-23-12-10-18(29)14-17(23)8-9-21-20-11-13-25(31,24(20,2)15-22(30)27(21,23)28)26(16-32-26)33-19-6-4-3-5-7-19/h3-7,14,20-22,30-31H,8-13,15-16H2,1-2H3/t20-,21-,22-,23-,24-,25+,26+,27-/m0/s1. The van der Waals surface area contributed by atoms with Crippen LogP contribution in [0.4, 0.5) is 4.39 Å². The van der Waals surface area contributed by atoms with Gasteiger partial charge in [-0.25, -0.2) is 4.39 Å². The molecule has 0 amide bonds. The first-order valence-corrected chi connectivity index (χ1v) is 12.3. The lowest BCUT2D eigenvalue weighted by Gasteiger charge is -2.63. The summed E-state index contributed by atoms with van der Waals surface area (Å²) in [5, 5.41) is 23.7. The largest absolute Gasteiger partial charge is 0.457 e. The fourth-order valence-corrected chi connectivity index (χ4v) is 8.33. The quantitative estimate of drug-likeness (QED) is 0.669. The highest BCUT2D eigenvalue weighted by molar-refractivity contribution is 5.91. The van der Waals surface area contributed by atoms with Gasteiger partial charge in [-0.05, 0) is 62.7 Å². The Balaban J connectivity index is 1.38. The molecule has 4 aliphatic carbocycles. The zero-order valence-electron chi connectivity index (χ0n) is 19.4. The Morgan fingerprint density at radius 3 is 2.52 bits per heavy atom. The van der Waals surface area contributed by atoms with Gasteiger partial charge in [0.15, 0.2) is 5.78 Å². The number of para-hydroxylation sites is 1. The van der Waals surface area contributed by atoms with Crippen LogP contribution in [0.15, 0.2) is 42.0 Å². The predicted octanol–water partition coefficient (Wildman–Crippen LogP) is 4.12. The Hall–Kier alpha value is -1.76. The Morgan fingerprint density at radius 2 is 1.82 bits per heavy atom. The molecule has 1 aromatic rings. The van der Waals surface area contributed by atoms with Crippen molar-refractivity contribution >= 4 is 5.78 Å². The van der Waals surface area contributed by atoms with Gasteiger partial charge in [-0.3, -0.25) is 4.79 Å². The molecule has 1 aromatic carbocycles. The normalized spacial score (nSPS) is 50.6. The number of epoxide rings is 1. The number of ketones is 1. The average molecular weight is 457 g/mol. The number of allylic oxidation sites excluding steroid dienone is 1. The molecule has 0 unspecified atom stereocenters. The van der Waals surface area contributed by atoms with Gasteiger partial charge in [0.1, 0.15) is 23.6 Å². The second-order valence-corrected chi connectivity index (χ2v) is 11.5. The first kappa shape index (κ1) is 21.8. The number of ether oxygens (including phenoxy) is 2. The Bertz CT molecular complexity index is 1020. The number of aliphatic hydroxyl groups is 2. The molecule has 178 valence electrons. The lowest BCUT2D eigenvalue weighted by Crippen LogP contribution is -2.70. The third-order valence-corrected chi connectivity index (χ3v) is 10.3. The minimum atomic E-state index is -1.81. The van der Waals surface area contributed by atoms with Gasteiger partial charge in [-0.1, -0.05) is 37.6 Å². The lowest BCUT2D eigenvalue weighted by atomic mass is 9.43. The minimum absolute atomic E-state index is 0.0563. The van der Waals surface area contributed by atoms with Crippen LogP contribution in [0.3, 0.4) is 0 Å². The molecule has 1 heterocycles. The van der Waals surface area contributed by atoms with Crippen molar-refractivity contribution < 1.29 is 28.9 Å². The smallest absolute Gasteiger partial charge is 0.264 e. The summed E-state index contributed by atoms with van der Waals surface area (Å²) in [5.74, 6) is -0.982. The molecule has 8 atom stereocenters. The average Bonchev–Trinajstić information content (AvgIpc) is 3.51. The number of hydrogen-bond acceptors (Lipinski definition) is 5. The lowest BCUT2D eigenvalue weighted by molar-refractivity contribution is -0.255. The summed E-state index contributed by atoms with van der Waals surface area (Å²) in [6, 6.07) is 9.32. The van der Waals surface area contributed by atoms with E-state index in [-0.39, 0.29) is 30.6 Å². The fraction of sp³-hybridized carbons (Fsp3) is 0.667. The SMILES string of the molecule is C[C@]12CCC(=O)C=C1CC[C@H]1[C@@H]3CC[C@](O)([C@]4(Oc5ccccc5)CO4)[C@@]3(C)C[C@H](O)[C@@]12F. The van der Waals surface area contributed by atoms with Crippen LogP contribution in [-0.4, -0.2) is 45.8 Å². The highest BCUT2D eigenvalue weighted by atomic mass is 19.1. The van der Waals surface area contributed by atoms with E-state index in [2.05, 4.69) is 0 Å². The summed E-state index contributed by atoms with van der Waals surface area (Å²) < 4.78 is 29.3.